The topological polar surface area (TPSA) is 46.3 Å². The Kier molecular flexibility index (Phi) is 2.28. The lowest BCUT2D eigenvalue weighted by atomic mass is 9.73. The van der Waals surface area contributed by atoms with Gasteiger partial charge in [-0.1, -0.05) is 6.92 Å². The number of fused-ring (bicyclic) bond motifs is 3. The SMILES string of the molecule is CC1CC2CCC1N(CC(N)=O)C2. The van der Waals surface area contributed by atoms with Crippen LogP contribution in [-0.2, 0) is 4.79 Å². The summed E-state index contributed by atoms with van der Waals surface area (Å²) >= 11 is 0. The van der Waals surface area contributed by atoms with E-state index in [4.69, 9.17) is 5.73 Å². The molecule has 2 heterocycles. The molecule has 13 heavy (non-hydrogen) atoms. The Balaban J connectivity index is 2.01. The zero-order valence-electron chi connectivity index (χ0n) is 8.20. The molecule has 0 aromatic carbocycles. The predicted molar refractivity (Wildman–Crippen MR) is 51.1 cm³/mol. The number of amides is 1. The van der Waals surface area contributed by atoms with Crippen molar-refractivity contribution in [3.63, 3.8) is 0 Å². The standard InChI is InChI=1S/C10H18N2O/c1-7-4-8-2-3-9(7)12(5-8)6-10(11)13/h7-9H,2-6H2,1H3,(H2,11,13). The summed E-state index contributed by atoms with van der Waals surface area (Å²) in [4.78, 5) is 13.1. The molecule has 3 unspecified atom stereocenters. The monoisotopic (exact) mass is 182 g/mol. The first kappa shape index (κ1) is 9.00. The molecule has 3 heteroatoms. The summed E-state index contributed by atoms with van der Waals surface area (Å²) in [7, 11) is 0. The van der Waals surface area contributed by atoms with Gasteiger partial charge in [0, 0.05) is 12.6 Å². The van der Waals surface area contributed by atoms with Gasteiger partial charge in [-0.05, 0) is 31.1 Å². The maximum atomic E-state index is 10.8. The van der Waals surface area contributed by atoms with Crippen LogP contribution >= 0.6 is 0 Å². The van der Waals surface area contributed by atoms with Crippen molar-refractivity contribution in [2.45, 2.75) is 32.2 Å². The third-order valence-electron chi connectivity index (χ3n) is 3.55. The third-order valence-corrected chi connectivity index (χ3v) is 3.55. The number of carbonyl (C=O) groups is 1. The highest BCUT2D eigenvalue weighted by molar-refractivity contribution is 5.76. The normalized spacial score (nSPS) is 39.3. The number of hydrogen-bond acceptors (Lipinski definition) is 2. The molecule has 0 aromatic heterocycles. The van der Waals surface area contributed by atoms with Crippen LogP contribution in [0.3, 0.4) is 0 Å². The summed E-state index contributed by atoms with van der Waals surface area (Å²) in [6.45, 7) is 3.85. The summed E-state index contributed by atoms with van der Waals surface area (Å²) < 4.78 is 0. The molecule has 0 radical (unpaired) electrons. The Bertz CT molecular complexity index is 217. The van der Waals surface area contributed by atoms with Crippen molar-refractivity contribution in [2.75, 3.05) is 13.1 Å². The van der Waals surface area contributed by atoms with E-state index >= 15 is 0 Å². The molecule has 3 nitrogen and oxygen atoms in total. The molecule has 0 spiro atoms. The first-order valence-corrected chi connectivity index (χ1v) is 5.19. The summed E-state index contributed by atoms with van der Waals surface area (Å²) in [5, 5.41) is 0. The molecule has 3 atom stereocenters. The van der Waals surface area contributed by atoms with Crippen LogP contribution in [0.2, 0.25) is 0 Å². The van der Waals surface area contributed by atoms with Gasteiger partial charge in [-0.3, -0.25) is 9.69 Å². The summed E-state index contributed by atoms with van der Waals surface area (Å²) in [6, 6.07) is 0.623. The van der Waals surface area contributed by atoms with E-state index in [9.17, 15) is 4.79 Å². The lowest BCUT2D eigenvalue weighted by Gasteiger charge is -2.48. The second-order valence-electron chi connectivity index (χ2n) is 4.62. The second kappa shape index (κ2) is 3.29. The van der Waals surface area contributed by atoms with Crippen LogP contribution in [0.4, 0.5) is 0 Å². The molecule has 3 fully saturated rings. The zero-order chi connectivity index (χ0) is 9.42. The van der Waals surface area contributed by atoms with E-state index in [1.54, 1.807) is 0 Å². The fraction of sp³-hybridized carbons (Fsp3) is 0.900. The van der Waals surface area contributed by atoms with E-state index in [2.05, 4.69) is 11.8 Å². The van der Waals surface area contributed by atoms with Crippen LogP contribution in [-0.4, -0.2) is 29.9 Å². The Morgan fingerprint density at radius 1 is 1.54 bits per heavy atom. The van der Waals surface area contributed by atoms with E-state index in [0.29, 0.717) is 12.6 Å². The highest BCUT2D eigenvalue weighted by Gasteiger charge is 2.38. The lowest BCUT2D eigenvalue weighted by molar-refractivity contribution is -0.121. The smallest absolute Gasteiger partial charge is 0.231 e. The molecule has 1 saturated carbocycles. The van der Waals surface area contributed by atoms with Gasteiger partial charge in [0.1, 0.15) is 0 Å². The van der Waals surface area contributed by atoms with Gasteiger partial charge in [0.15, 0.2) is 0 Å². The quantitative estimate of drug-likeness (QED) is 0.679. The van der Waals surface area contributed by atoms with Crippen molar-refractivity contribution in [3.05, 3.63) is 0 Å². The zero-order valence-corrected chi connectivity index (χ0v) is 8.20. The minimum Gasteiger partial charge on any atom is -0.369 e. The van der Waals surface area contributed by atoms with Gasteiger partial charge in [0.2, 0.25) is 5.91 Å². The van der Waals surface area contributed by atoms with Crippen molar-refractivity contribution >= 4 is 5.91 Å². The van der Waals surface area contributed by atoms with E-state index in [1.807, 2.05) is 0 Å². The van der Waals surface area contributed by atoms with Crippen molar-refractivity contribution in [1.29, 1.82) is 0 Å². The molecule has 2 saturated heterocycles. The summed E-state index contributed by atoms with van der Waals surface area (Å²) in [5.74, 6) is 1.39. The Morgan fingerprint density at radius 3 is 2.85 bits per heavy atom. The van der Waals surface area contributed by atoms with Gasteiger partial charge >= 0.3 is 0 Å². The molecular formula is C10H18N2O. The fourth-order valence-electron chi connectivity index (χ4n) is 3.05. The van der Waals surface area contributed by atoms with Crippen molar-refractivity contribution in [2.24, 2.45) is 17.6 Å². The van der Waals surface area contributed by atoms with Gasteiger partial charge in [-0.15, -0.1) is 0 Å². The van der Waals surface area contributed by atoms with Crippen LogP contribution in [0.25, 0.3) is 0 Å². The average molecular weight is 182 g/mol. The minimum absolute atomic E-state index is 0.181. The molecule has 3 aliphatic rings. The Hall–Kier alpha value is -0.570. The number of primary amides is 1. The van der Waals surface area contributed by atoms with Crippen LogP contribution in [0.5, 0.6) is 0 Å². The van der Waals surface area contributed by atoms with Crippen molar-refractivity contribution in [3.8, 4) is 0 Å². The Morgan fingerprint density at radius 2 is 2.31 bits per heavy atom. The number of nitrogens with zero attached hydrogens (tertiary/aromatic N) is 1. The van der Waals surface area contributed by atoms with E-state index in [1.165, 1.54) is 19.3 Å². The molecular weight excluding hydrogens is 164 g/mol. The van der Waals surface area contributed by atoms with E-state index in [-0.39, 0.29) is 5.91 Å². The van der Waals surface area contributed by atoms with Crippen molar-refractivity contribution in [1.82, 2.24) is 4.90 Å². The second-order valence-corrected chi connectivity index (χ2v) is 4.62. The first-order valence-electron chi connectivity index (χ1n) is 5.19. The van der Waals surface area contributed by atoms with Crippen LogP contribution in [0.15, 0.2) is 0 Å². The molecule has 1 aliphatic carbocycles. The first-order chi connectivity index (χ1) is 6.16. The van der Waals surface area contributed by atoms with Crippen molar-refractivity contribution < 1.29 is 4.79 Å². The van der Waals surface area contributed by atoms with E-state index < -0.39 is 0 Å². The largest absolute Gasteiger partial charge is 0.369 e. The van der Waals surface area contributed by atoms with E-state index in [0.717, 1.165) is 18.4 Å². The van der Waals surface area contributed by atoms with Gasteiger partial charge < -0.3 is 5.73 Å². The molecule has 74 valence electrons. The predicted octanol–water partition coefficient (Wildman–Crippen LogP) is 0.592. The molecule has 2 bridgehead atoms. The highest BCUT2D eigenvalue weighted by Crippen LogP contribution is 2.38. The third kappa shape index (κ3) is 1.70. The number of hydrogen-bond donors (Lipinski definition) is 1. The average Bonchev–Trinajstić information content (AvgIpc) is 2.02. The number of rotatable bonds is 2. The number of carbonyl (C=O) groups excluding carboxylic acids is 1. The maximum absolute atomic E-state index is 10.8. The van der Waals surface area contributed by atoms with Gasteiger partial charge in [-0.25, -0.2) is 0 Å². The maximum Gasteiger partial charge on any atom is 0.231 e. The summed E-state index contributed by atoms with van der Waals surface area (Å²) in [6.07, 6.45) is 3.96. The Labute approximate surface area is 79.3 Å². The fourth-order valence-corrected chi connectivity index (χ4v) is 3.05. The van der Waals surface area contributed by atoms with Gasteiger partial charge in [0.05, 0.1) is 6.54 Å². The molecule has 3 rings (SSSR count). The number of nitrogens with two attached hydrogens (primary N) is 1. The molecule has 1 amide bonds. The lowest BCUT2D eigenvalue weighted by Crippen LogP contribution is -2.54. The van der Waals surface area contributed by atoms with Gasteiger partial charge in [0.25, 0.3) is 0 Å². The van der Waals surface area contributed by atoms with Crippen LogP contribution in [0.1, 0.15) is 26.2 Å². The molecule has 0 aromatic rings. The highest BCUT2D eigenvalue weighted by atomic mass is 16.1. The van der Waals surface area contributed by atoms with Crippen LogP contribution in [0, 0.1) is 11.8 Å². The summed E-state index contributed by atoms with van der Waals surface area (Å²) in [5.41, 5.74) is 5.22. The van der Waals surface area contributed by atoms with Gasteiger partial charge in [-0.2, -0.15) is 0 Å². The van der Waals surface area contributed by atoms with Crippen LogP contribution < -0.4 is 5.73 Å². The minimum atomic E-state index is -0.181. The number of piperidine rings is 2. The molecule has 2 N–H and O–H groups in total. The molecule has 2 aliphatic heterocycles.